The highest BCUT2D eigenvalue weighted by Crippen LogP contribution is 2.29. The molecule has 1 aliphatic rings. The van der Waals surface area contributed by atoms with Gasteiger partial charge >= 0.3 is 5.97 Å². The zero-order valence-corrected chi connectivity index (χ0v) is 19.4. The first-order valence-corrected chi connectivity index (χ1v) is 11.6. The molecule has 1 fully saturated rings. The maximum absolute atomic E-state index is 12.8. The Balaban J connectivity index is 1.71. The van der Waals surface area contributed by atoms with Crippen LogP contribution in [0.15, 0.2) is 47.4 Å². The molecule has 0 radical (unpaired) electrons. The molecule has 3 rings (SSSR count). The summed E-state index contributed by atoms with van der Waals surface area (Å²) in [7, 11) is -0.917. The van der Waals surface area contributed by atoms with E-state index in [1.807, 2.05) is 0 Å². The van der Waals surface area contributed by atoms with Gasteiger partial charge in [0.25, 0.3) is 5.91 Å². The fourth-order valence-electron chi connectivity index (χ4n) is 3.24. The standard InChI is InChI=1S/C22H26N2O8S/c1-15(32-22(26)20-18(29-2)8-5-9-19(20)30-3)21(25)23-16-6-4-7-17(14-16)33(27,28)24-10-12-31-13-11-24/h4-9,14-15H,10-13H2,1-3H3,(H,23,25)/t15-/m1/s1. The molecule has 0 aromatic heterocycles. The van der Waals surface area contributed by atoms with Crippen molar-refractivity contribution < 1.29 is 37.0 Å². The van der Waals surface area contributed by atoms with Gasteiger partial charge < -0.3 is 24.3 Å². The lowest BCUT2D eigenvalue weighted by Crippen LogP contribution is -2.40. The fraction of sp³-hybridized carbons (Fsp3) is 0.364. The first kappa shape index (κ1) is 24.5. The zero-order chi connectivity index (χ0) is 24.0. The lowest BCUT2D eigenvalue weighted by atomic mass is 10.1. The Bertz CT molecular complexity index is 1090. The van der Waals surface area contributed by atoms with Crippen molar-refractivity contribution in [2.24, 2.45) is 0 Å². The number of amides is 1. The van der Waals surface area contributed by atoms with Crippen LogP contribution in [0.4, 0.5) is 5.69 Å². The average Bonchev–Trinajstić information content (AvgIpc) is 2.83. The summed E-state index contributed by atoms with van der Waals surface area (Å²) in [5.74, 6) is -0.935. The van der Waals surface area contributed by atoms with E-state index in [9.17, 15) is 18.0 Å². The molecule has 11 heteroatoms. The van der Waals surface area contributed by atoms with Crippen molar-refractivity contribution in [1.82, 2.24) is 4.31 Å². The average molecular weight is 479 g/mol. The van der Waals surface area contributed by atoms with E-state index in [4.69, 9.17) is 18.9 Å². The molecule has 0 bridgehead atoms. The van der Waals surface area contributed by atoms with Gasteiger partial charge in [-0.25, -0.2) is 13.2 Å². The van der Waals surface area contributed by atoms with E-state index >= 15 is 0 Å². The topological polar surface area (TPSA) is 120 Å². The van der Waals surface area contributed by atoms with Gasteiger partial charge in [-0.15, -0.1) is 0 Å². The number of benzene rings is 2. The molecular weight excluding hydrogens is 452 g/mol. The van der Waals surface area contributed by atoms with Crippen LogP contribution in [0.1, 0.15) is 17.3 Å². The number of ether oxygens (including phenoxy) is 4. The summed E-state index contributed by atoms with van der Waals surface area (Å²) in [6.45, 7) is 2.59. The van der Waals surface area contributed by atoms with Crippen molar-refractivity contribution in [1.29, 1.82) is 0 Å². The molecule has 2 aromatic carbocycles. The van der Waals surface area contributed by atoms with E-state index in [1.54, 1.807) is 24.3 Å². The smallest absolute Gasteiger partial charge is 0.346 e. The van der Waals surface area contributed by atoms with E-state index in [1.165, 1.54) is 43.6 Å². The zero-order valence-electron chi connectivity index (χ0n) is 18.6. The molecule has 33 heavy (non-hydrogen) atoms. The van der Waals surface area contributed by atoms with Crippen LogP contribution in [0, 0.1) is 0 Å². The summed E-state index contributed by atoms with van der Waals surface area (Å²) in [4.78, 5) is 25.3. The minimum absolute atomic E-state index is 0.0469. The second-order valence-electron chi connectivity index (χ2n) is 7.12. The van der Waals surface area contributed by atoms with Crippen LogP contribution in [-0.2, 0) is 24.3 Å². The maximum atomic E-state index is 12.8. The molecule has 1 saturated heterocycles. The lowest BCUT2D eigenvalue weighted by molar-refractivity contribution is -0.123. The van der Waals surface area contributed by atoms with Gasteiger partial charge in [0.15, 0.2) is 6.10 Å². The van der Waals surface area contributed by atoms with Gasteiger partial charge in [-0.05, 0) is 37.3 Å². The summed E-state index contributed by atoms with van der Waals surface area (Å²) < 4.78 is 47.9. The van der Waals surface area contributed by atoms with E-state index in [-0.39, 0.29) is 40.7 Å². The number of rotatable bonds is 8. The molecule has 0 saturated carbocycles. The first-order valence-electron chi connectivity index (χ1n) is 10.2. The molecule has 0 spiro atoms. The van der Waals surface area contributed by atoms with Crippen molar-refractivity contribution in [2.45, 2.75) is 17.9 Å². The summed E-state index contributed by atoms with van der Waals surface area (Å²) in [5, 5.41) is 2.58. The Labute approximate surface area is 192 Å². The number of carbonyl (C=O) groups is 2. The van der Waals surface area contributed by atoms with Crippen LogP contribution in [0.2, 0.25) is 0 Å². The van der Waals surface area contributed by atoms with Gasteiger partial charge in [0.05, 0.1) is 32.3 Å². The molecule has 1 heterocycles. The molecule has 0 aliphatic carbocycles. The monoisotopic (exact) mass is 478 g/mol. The number of anilines is 1. The van der Waals surface area contributed by atoms with Crippen molar-refractivity contribution >= 4 is 27.6 Å². The Kier molecular flexibility index (Phi) is 7.90. The second-order valence-corrected chi connectivity index (χ2v) is 9.06. The first-order chi connectivity index (χ1) is 15.8. The van der Waals surface area contributed by atoms with E-state index in [0.717, 1.165) is 0 Å². The van der Waals surface area contributed by atoms with Crippen LogP contribution in [0.3, 0.4) is 0 Å². The highest BCUT2D eigenvalue weighted by Gasteiger charge is 2.28. The summed E-state index contributed by atoms with van der Waals surface area (Å²) in [6.07, 6.45) is -1.17. The summed E-state index contributed by atoms with van der Waals surface area (Å²) in [6, 6.07) is 10.7. The number of hydrogen-bond donors (Lipinski definition) is 1. The van der Waals surface area contributed by atoms with Crippen molar-refractivity contribution in [2.75, 3.05) is 45.8 Å². The largest absolute Gasteiger partial charge is 0.496 e. The quantitative estimate of drug-likeness (QED) is 0.572. The van der Waals surface area contributed by atoms with Gasteiger partial charge in [0.1, 0.15) is 17.1 Å². The van der Waals surface area contributed by atoms with Gasteiger partial charge in [-0.1, -0.05) is 12.1 Å². The lowest BCUT2D eigenvalue weighted by Gasteiger charge is -2.26. The third kappa shape index (κ3) is 5.62. The SMILES string of the molecule is COc1cccc(OC)c1C(=O)O[C@H](C)C(=O)Nc1cccc(S(=O)(=O)N2CCOCC2)c1. The maximum Gasteiger partial charge on any atom is 0.346 e. The second kappa shape index (κ2) is 10.6. The Morgan fingerprint density at radius 2 is 1.64 bits per heavy atom. The molecular formula is C22H26N2O8S. The van der Waals surface area contributed by atoms with Gasteiger partial charge in [-0.3, -0.25) is 4.79 Å². The fourth-order valence-corrected chi connectivity index (χ4v) is 4.69. The van der Waals surface area contributed by atoms with E-state index in [2.05, 4.69) is 5.32 Å². The van der Waals surface area contributed by atoms with Crippen molar-refractivity contribution in [3.8, 4) is 11.5 Å². The molecule has 2 aromatic rings. The molecule has 1 N–H and O–H groups in total. The van der Waals surface area contributed by atoms with Crippen LogP contribution in [0.5, 0.6) is 11.5 Å². The van der Waals surface area contributed by atoms with Crippen LogP contribution in [-0.4, -0.2) is 71.2 Å². The predicted octanol–water partition coefficient (Wildman–Crippen LogP) is 1.91. The minimum atomic E-state index is -3.72. The Morgan fingerprint density at radius 3 is 2.24 bits per heavy atom. The number of nitrogens with zero attached hydrogens (tertiary/aromatic N) is 1. The molecule has 178 valence electrons. The highest BCUT2D eigenvalue weighted by atomic mass is 32.2. The summed E-state index contributed by atoms with van der Waals surface area (Å²) in [5.41, 5.74) is 0.313. The van der Waals surface area contributed by atoms with Crippen LogP contribution >= 0.6 is 0 Å². The molecule has 10 nitrogen and oxygen atoms in total. The van der Waals surface area contributed by atoms with Gasteiger partial charge in [0.2, 0.25) is 10.0 Å². The Morgan fingerprint density at radius 1 is 1.03 bits per heavy atom. The number of hydrogen-bond acceptors (Lipinski definition) is 8. The number of methoxy groups -OCH3 is 2. The van der Waals surface area contributed by atoms with E-state index < -0.39 is 28.0 Å². The number of sulfonamides is 1. The third-order valence-corrected chi connectivity index (χ3v) is 6.89. The van der Waals surface area contributed by atoms with Crippen LogP contribution < -0.4 is 14.8 Å². The third-order valence-electron chi connectivity index (χ3n) is 4.99. The van der Waals surface area contributed by atoms with Gasteiger partial charge in [-0.2, -0.15) is 4.31 Å². The minimum Gasteiger partial charge on any atom is -0.496 e. The van der Waals surface area contributed by atoms with Crippen molar-refractivity contribution in [3.63, 3.8) is 0 Å². The Hall–Kier alpha value is -3.15. The molecule has 1 amide bonds. The number of nitrogens with one attached hydrogen (secondary N) is 1. The van der Waals surface area contributed by atoms with E-state index in [0.29, 0.717) is 13.2 Å². The van der Waals surface area contributed by atoms with Gasteiger partial charge in [0, 0.05) is 18.8 Å². The predicted molar refractivity (Wildman–Crippen MR) is 119 cm³/mol. The van der Waals surface area contributed by atoms with Crippen LogP contribution in [0.25, 0.3) is 0 Å². The number of morpholine rings is 1. The highest BCUT2D eigenvalue weighted by molar-refractivity contribution is 7.89. The molecule has 1 aliphatic heterocycles. The number of esters is 1. The number of carbonyl (C=O) groups excluding carboxylic acids is 2. The molecule has 1 atom stereocenters. The van der Waals surface area contributed by atoms with Crippen molar-refractivity contribution in [3.05, 3.63) is 48.0 Å². The molecule has 0 unspecified atom stereocenters. The summed E-state index contributed by atoms with van der Waals surface area (Å²) >= 11 is 0. The normalized spacial score (nSPS) is 15.4.